The molecular formula is C15H22O5. The molecule has 5 nitrogen and oxygen atoms in total. The van der Waals surface area contributed by atoms with Crippen LogP contribution in [0.4, 0.5) is 0 Å². The molecule has 0 amide bonds. The van der Waals surface area contributed by atoms with Crippen molar-refractivity contribution in [3.63, 3.8) is 0 Å². The van der Waals surface area contributed by atoms with Gasteiger partial charge in [0.05, 0.1) is 6.61 Å². The third kappa shape index (κ3) is 1.73. The van der Waals surface area contributed by atoms with Gasteiger partial charge in [0, 0.05) is 11.8 Å². The molecule has 0 radical (unpaired) electrons. The topological polar surface area (TPSA) is 94.8 Å². The van der Waals surface area contributed by atoms with Crippen LogP contribution in [0.2, 0.25) is 0 Å². The SMILES string of the molecule is CC1(C)C=CC(=O)[C@@](C)(O)[C@]12CC[C@@](O)(CO)C(=O)C2. The zero-order chi connectivity index (χ0) is 15.4. The molecule has 1 saturated carbocycles. The summed E-state index contributed by atoms with van der Waals surface area (Å²) in [5, 5.41) is 30.0. The number of Topliss-reactive ketones (excluding diaryl/α,β-unsaturated/α-hetero) is 1. The fourth-order valence-electron chi connectivity index (χ4n) is 3.69. The van der Waals surface area contributed by atoms with Crippen molar-refractivity contribution in [1.29, 1.82) is 0 Å². The lowest BCUT2D eigenvalue weighted by molar-refractivity contribution is -0.188. The Kier molecular flexibility index (Phi) is 3.24. The Morgan fingerprint density at radius 3 is 2.25 bits per heavy atom. The van der Waals surface area contributed by atoms with Crippen LogP contribution in [0.5, 0.6) is 0 Å². The molecule has 0 aromatic heterocycles. The van der Waals surface area contributed by atoms with E-state index in [2.05, 4.69) is 0 Å². The second-order valence-corrected chi connectivity index (χ2v) is 6.86. The minimum absolute atomic E-state index is 0.0447. The van der Waals surface area contributed by atoms with Gasteiger partial charge in [-0.3, -0.25) is 9.59 Å². The van der Waals surface area contributed by atoms with E-state index in [9.17, 15) is 24.9 Å². The van der Waals surface area contributed by atoms with E-state index >= 15 is 0 Å². The fourth-order valence-corrected chi connectivity index (χ4v) is 3.69. The zero-order valence-corrected chi connectivity index (χ0v) is 12.1. The summed E-state index contributed by atoms with van der Waals surface area (Å²) >= 11 is 0. The normalized spacial score (nSPS) is 44.1. The van der Waals surface area contributed by atoms with Crippen LogP contribution in [0, 0.1) is 10.8 Å². The van der Waals surface area contributed by atoms with Gasteiger partial charge in [0.15, 0.2) is 11.6 Å². The molecule has 2 aliphatic carbocycles. The number of aliphatic hydroxyl groups excluding tert-OH is 1. The first-order valence-corrected chi connectivity index (χ1v) is 6.85. The van der Waals surface area contributed by atoms with E-state index in [1.54, 1.807) is 6.08 Å². The third-order valence-corrected chi connectivity index (χ3v) is 5.50. The van der Waals surface area contributed by atoms with Crippen LogP contribution in [0.15, 0.2) is 12.2 Å². The number of ketones is 2. The van der Waals surface area contributed by atoms with E-state index in [1.165, 1.54) is 13.0 Å². The van der Waals surface area contributed by atoms with E-state index in [0.717, 1.165) is 0 Å². The number of aliphatic hydroxyl groups is 3. The van der Waals surface area contributed by atoms with Gasteiger partial charge in [-0.05, 0) is 31.3 Å². The highest BCUT2D eigenvalue weighted by molar-refractivity contribution is 6.00. The van der Waals surface area contributed by atoms with E-state index in [0.29, 0.717) is 6.42 Å². The van der Waals surface area contributed by atoms with Crippen LogP contribution in [0.1, 0.15) is 40.0 Å². The molecule has 1 spiro atoms. The Morgan fingerprint density at radius 1 is 1.15 bits per heavy atom. The van der Waals surface area contributed by atoms with E-state index < -0.39 is 40.2 Å². The monoisotopic (exact) mass is 282 g/mol. The molecule has 2 rings (SSSR count). The molecule has 2 aliphatic rings. The minimum atomic E-state index is -1.75. The lowest BCUT2D eigenvalue weighted by Crippen LogP contribution is -2.65. The summed E-state index contributed by atoms with van der Waals surface area (Å²) in [5.41, 5.74) is -4.92. The van der Waals surface area contributed by atoms with Crippen molar-refractivity contribution in [3.8, 4) is 0 Å². The summed E-state index contributed by atoms with van der Waals surface area (Å²) in [4.78, 5) is 24.3. The Balaban J connectivity index is 2.51. The molecule has 0 aromatic rings. The predicted molar refractivity (Wildman–Crippen MR) is 71.9 cm³/mol. The molecule has 3 atom stereocenters. The highest BCUT2D eigenvalue weighted by Gasteiger charge is 2.64. The van der Waals surface area contributed by atoms with Gasteiger partial charge in [0.2, 0.25) is 0 Å². The Labute approximate surface area is 118 Å². The van der Waals surface area contributed by atoms with Gasteiger partial charge >= 0.3 is 0 Å². The zero-order valence-electron chi connectivity index (χ0n) is 12.1. The first-order chi connectivity index (χ1) is 9.02. The molecule has 20 heavy (non-hydrogen) atoms. The largest absolute Gasteiger partial charge is 0.393 e. The van der Waals surface area contributed by atoms with Crippen LogP contribution in [0.25, 0.3) is 0 Å². The van der Waals surface area contributed by atoms with Gasteiger partial charge < -0.3 is 15.3 Å². The van der Waals surface area contributed by atoms with Crippen molar-refractivity contribution in [2.24, 2.45) is 10.8 Å². The summed E-state index contributed by atoms with van der Waals surface area (Å²) < 4.78 is 0. The summed E-state index contributed by atoms with van der Waals surface area (Å²) in [5.74, 6) is -0.929. The maximum absolute atomic E-state index is 12.2. The molecule has 5 heteroatoms. The summed E-state index contributed by atoms with van der Waals surface area (Å²) in [6.45, 7) is 4.56. The van der Waals surface area contributed by atoms with Gasteiger partial charge in [0.1, 0.15) is 11.2 Å². The van der Waals surface area contributed by atoms with Crippen molar-refractivity contribution in [1.82, 2.24) is 0 Å². The smallest absolute Gasteiger partial charge is 0.187 e. The molecule has 0 aliphatic heterocycles. The van der Waals surface area contributed by atoms with Crippen molar-refractivity contribution < 1.29 is 24.9 Å². The molecule has 1 fully saturated rings. The standard InChI is InChI=1S/C15H22O5/c1-12(2)5-4-10(17)13(3,19)15(12)7-6-14(20,9-16)11(18)8-15/h4-5,16,19-20H,6-9H2,1-3H3/t13-,14-,15+/m1/s1. The molecule has 3 N–H and O–H groups in total. The van der Waals surface area contributed by atoms with Crippen molar-refractivity contribution >= 4 is 11.6 Å². The second-order valence-electron chi connectivity index (χ2n) is 6.86. The van der Waals surface area contributed by atoms with E-state index in [-0.39, 0.29) is 12.8 Å². The number of allylic oxidation sites excluding steroid dienone is 1. The van der Waals surface area contributed by atoms with Crippen molar-refractivity contribution in [2.75, 3.05) is 6.61 Å². The maximum atomic E-state index is 12.2. The van der Waals surface area contributed by atoms with Crippen LogP contribution in [-0.4, -0.2) is 44.7 Å². The Hall–Kier alpha value is -1.04. The van der Waals surface area contributed by atoms with Gasteiger partial charge in [-0.25, -0.2) is 0 Å². The molecular weight excluding hydrogens is 260 g/mol. The van der Waals surface area contributed by atoms with Gasteiger partial charge in [-0.15, -0.1) is 0 Å². The summed E-state index contributed by atoms with van der Waals surface area (Å²) in [7, 11) is 0. The average Bonchev–Trinajstić information content (AvgIpc) is 2.37. The highest BCUT2D eigenvalue weighted by atomic mass is 16.3. The maximum Gasteiger partial charge on any atom is 0.187 e. The lowest BCUT2D eigenvalue weighted by atomic mass is 9.47. The number of carbonyl (C=O) groups excluding carboxylic acids is 2. The van der Waals surface area contributed by atoms with Crippen LogP contribution >= 0.6 is 0 Å². The molecule has 0 bridgehead atoms. The van der Waals surface area contributed by atoms with E-state index in [1.807, 2.05) is 13.8 Å². The molecule has 0 heterocycles. The van der Waals surface area contributed by atoms with Gasteiger partial charge in [-0.1, -0.05) is 19.9 Å². The minimum Gasteiger partial charge on any atom is -0.393 e. The first-order valence-electron chi connectivity index (χ1n) is 6.85. The fraction of sp³-hybridized carbons (Fsp3) is 0.733. The molecule has 112 valence electrons. The third-order valence-electron chi connectivity index (χ3n) is 5.50. The molecule has 0 aromatic carbocycles. The van der Waals surface area contributed by atoms with Crippen LogP contribution in [0.3, 0.4) is 0 Å². The first kappa shape index (κ1) is 15.4. The number of carbonyl (C=O) groups is 2. The summed E-state index contributed by atoms with van der Waals surface area (Å²) in [6, 6.07) is 0. The van der Waals surface area contributed by atoms with Crippen LogP contribution in [-0.2, 0) is 9.59 Å². The molecule has 0 unspecified atom stereocenters. The number of hydrogen-bond donors (Lipinski definition) is 3. The van der Waals surface area contributed by atoms with E-state index in [4.69, 9.17) is 0 Å². The number of rotatable bonds is 1. The highest BCUT2D eigenvalue weighted by Crippen LogP contribution is 2.59. The van der Waals surface area contributed by atoms with Crippen molar-refractivity contribution in [2.45, 2.75) is 51.2 Å². The lowest BCUT2D eigenvalue weighted by Gasteiger charge is -2.58. The molecule has 0 saturated heterocycles. The second kappa shape index (κ2) is 4.23. The number of hydrogen-bond acceptors (Lipinski definition) is 5. The predicted octanol–water partition coefficient (Wildman–Crippen LogP) is 0.365. The average molecular weight is 282 g/mol. The van der Waals surface area contributed by atoms with Crippen molar-refractivity contribution in [3.05, 3.63) is 12.2 Å². The summed E-state index contributed by atoms with van der Waals surface area (Å²) in [6.07, 6.45) is 3.31. The van der Waals surface area contributed by atoms with Gasteiger partial charge in [-0.2, -0.15) is 0 Å². The Bertz CT molecular complexity index is 490. The van der Waals surface area contributed by atoms with Gasteiger partial charge in [0.25, 0.3) is 0 Å². The van der Waals surface area contributed by atoms with Crippen LogP contribution < -0.4 is 0 Å². The quantitative estimate of drug-likeness (QED) is 0.645. The Morgan fingerprint density at radius 2 is 1.75 bits per heavy atom.